The second-order valence-electron chi connectivity index (χ2n) is 4.97. The molecule has 0 spiro atoms. The number of hydrogen-bond donors (Lipinski definition) is 2. The SMILES string of the molecule is CCCCn1c(O)c(C=CC=Nc2ccccc2)c(=O)[nH]c1=O. The number of allylic oxidation sites excluding steroid dienone is 1. The highest BCUT2D eigenvalue weighted by molar-refractivity contribution is 5.80. The number of aromatic nitrogens is 2. The van der Waals surface area contributed by atoms with Crippen molar-refractivity contribution in [2.45, 2.75) is 26.3 Å². The van der Waals surface area contributed by atoms with Gasteiger partial charge in [0.15, 0.2) is 0 Å². The lowest BCUT2D eigenvalue weighted by molar-refractivity contribution is 0.394. The van der Waals surface area contributed by atoms with Crippen LogP contribution in [0, 0.1) is 0 Å². The van der Waals surface area contributed by atoms with Gasteiger partial charge >= 0.3 is 5.69 Å². The highest BCUT2D eigenvalue weighted by Gasteiger charge is 2.10. The summed E-state index contributed by atoms with van der Waals surface area (Å²) in [6.07, 6.45) is 6.11. The summed E-state index contributed by atoms with van der Waals surface area (Å²) in [7, 11) is 0. The van der Waals surface area contributed by atoms with E-state index < -0.39 is 11.2 Å². The second-order valence-corrected chi connectivity index (χ2v) is 4.97. The van der Waals surface area contributed by atoms with Crippen molar-refractivity contribution in [3.8, 4) is 5.88 Å². The van der Waals surface area contributed by atoms with Gasteiger partial charge in [-0.2, -0.15) is 0 Å². The van der Waals surface area contributed by atoms with Crippen molar-refractivity contribution in [1.29, 1.82) is 0 Å². The molecular weight excluding hydrogens is 294 g/mol. The number of H-pyrrole nitrogens is 1. The van der Waals surface area contributed by atoms with Crippen LogP contribution in [0.3, 0.4) is 0 Å². The lowest BCUT2D eigenvalue weighted by atomic mass is 10.2. The van der Waals surface area contributed by atoms with E-state index in [2.05, 4.69) is 9.98 Å². The number of para-hydroxylation sites is 1. The first-order valence-electron chi connectivity index (χ1n) is 7.45. The Hall–Kier alpha value is -2.89. The van der Waals surface area contributed by atoms with Crippen molar-refractivity contribution < 1.29 is 5.11 Å². The Morgan fingerprint density at radius 2 is 2.00 bits per heavy atom. The van der Waals surface area contributed by atoms with Gasteiger partial charge in [-0.05, 0) is 30.7 Å². The van der Waals surface area contributed by atoms with E-state index in [0.717, 1.165) is 18.5 Å². The van der Waals surface area contributed by atoms with Crippen LogP contribution < -0.4 is 11.2 Å². The Balaban J connectivity index is 2.25. The number of hydrogen-bond acceptors (Lipinski definition) is 4. The minimum absolute atomic E-state index is 0.0419. The van der Waals surface area contributed by atoms with Gasteiger partial charge < -0.3 is 5.11 Å². The highest BCUT2D eigenvalue weighted by atomic mass is 16.3. The van der Waals surface area contributed by atoms with Crippen molar-refractivity contribution in [3.05, 3.63) is 62.8 Å². The maximum Gasteiger partial charge on any atom is 0.331 e. The molecule has 1 heterocycles. The Morgan fingerprint density at radius 3 is 2.70 bits per heavy atom. The van der Waals surface area contributed by atoms with Crippen molar-refractivity contribution in [2.75, 3.05) is 0 Å². The molecule has 2 N–H and O–H groups in total. The zero-order chi connectivity index (χ0) is 16.7. The monoisotopic (exact) mass is 313 g/mol. The molecule has 0 fully saturated rings. The van der Waals surface area contributed by atoms with Crippen LogP contribution in [0.2, 0.25) is 0 Å². The molecule has 0 atom stereocenters. The average Bonchev–Trinajstić information content (AvgIpc) is 2.54. The van der Waals surface area contributed by atoms with Gasteiger partial charge in [-0.3, -0.25) is 19.3 Å². The van der Waals surface area contributed by atoms with Crippen LogP contribution in [0.1, 0.15) is 25.3 Å². The predicted octanol–water partition coefficient (Wildman–Crippen LogP) is 2.46. The maximum atomic E-state index is 11.8. The number of aliphatic imine (C=N–C) groups is 1. The number of rotatable bonds is 6. The van der Waals surface area contributed by atoms with E-state index in [1.807, 2.05) is 37.3 Å². The molecule has 6 heteroatoms. The van der Waals surface area contributed by atoms with Crippen LogP contribution in [0.25, 0.3) is 6.08 Å². The van der Waals surface area contributed by atoms with Gasteiger partial charge in [0.1, 0.15) is 5.56 Å². The zero-order valence-electron chi connectivity index (χ0n) is 12.9. The summed E-state index contributed by atoms with van der Waals surface area (Å²) in [5.41, 5.74) is -0.399. The van der Waals surface area contributed by atoms with E-state index in [0.29, 0.717) is 6.54 Å². The summed E-state index contributed by atoms with van der Waals surface area (Å²) in [6, 6.07) is 9.33. The molecule has 1 aromatic carbocycles. The Kier molecular flexibility index (Phi) is 5.68. The molecular formula is C17H19N3O3. The maximum absolute atomic E-state index is 11.8. The second kappa shape index (κ2) is 7.93. The largest absolute Gasteiger partial charge is 0.494 e. The fourth-order valence-corrected chi connectivity index (χ4v) is 2.03. The van der Waals surface area contributed by atoms with Crippen LogP contribution in [0.5, 0.6) is 5.88 Å². The van der Waals surface area contributed by atoms with E-state index in [9.17, 15) is 14.7 Å². The standard InChI is InChI=1S/C17H19N3O3/c1-2-3-12-20-16(22)14(15(21)19-17(20)23)10-7-11-18-13-8-5-4-6-9-13/h4-11,22H,2-3,12H2,1H3,(H,19,21,23). The van der Waals surface area contributed by atoms with Crippen molar-refractivity contribution in [2.24, 2.45) is 4.99 Å². The van der Waals surface area contributed by atoms with Crippen LogP contribution in [-0.2, 0) is 6.54 Å². The Morgan fingerprint density at radius 1 is 1.26 bits per heavy atom. The average molecular weight is 313 g/mol. The molecule has 0 bridgehead atoms. The Labute approximate surface area is 133 Å². The first-order valence-corrected chi connectivity index (χ1v) is 7.45. The fourth-order valence-electron chi connectivity index (χ4n) is 2.03. The third kappa shape index (κ3) is 4.29. The number of aromatic hydroxyl groups is 1. The summed E-state index contributed by atoms with van der Waals surface area (Å²) >= 11 is 0. The van der Waals surface area contributed by atoms with Gasteiger partial charge in [0.25, 0.3) is 5.56 Å². The molecule has 0 unspecified atom stereocenters. The lowest BCUT2D eigenvalue weighted by Gasteiger charge is -2.08. The van der Waals surface area contributed by atoms with Crippen LogP contribution in [-0.4, -0.2) is 20.9 Å². The number of aromatic amines is 1. The molecule has 6 nitrogen and oxygen atoms in total. The van der Waals surface area contributed by atoms with E-state index in [1.54, 1.807) is 6.08 Å². The molecule has 0 saturated heterocycles. The number of nitrogens with one attached hydrogen (secondary N) is 1. The summed E-state index contributed by atoms with van der Waals surface area (Å²) in [6.45, 7) is 2.34. The van der Waals surface area contributed by atoms with E-state index in [1.165, 1.54) is 16.9 Å². The smallest absolute Gasteiger partial charge is 0.331 e. The minimum atomic E-state index is -0.621. The molecule has 23 heavy (non-hydrogen) atoms. The predicted molar refractivity (Wildman–Crippen MR) is 91.5 cm³/mol. The molecule has 120 valence electrons. The topological polar surface area (TPSA) is 87.4 Å². The van der Waals surface area contributed by atoms with Gasteiger partial charge in [0.05, 0.1) is 5.69 Å². The van der Waals surface area contributed by atoms with Crippen molar-refractivity contribution >= 4 is 18.0 Å². The van der Waals surface area contributed by atoms with Gasteiger partial charge in [0.2, 0.25) is 5.88 Å². The fraction of sp³-hybridized carbons (Fsp3) is 0.235. The van der Waals surface area contributed by atoms with Crippen LogP contribution in [0.4, 0.5) is 5.69 Å². The van der Waals surface area contributed by atoms with E-state index in [4.69, 9.17) is 0 Å². The molecule has 0 amide bonds. The van der Waals surface area contributed by atoms with E-state index in [-0.39, 0.29) is 11.4 Å². The minimum Gasteiger partial charge on any atom is -0.494 e. The lowest BCUT2D eigenvalue weighted by Crippen LogP contribution is -2.31. The van der Waals surface area contributed by atoms with Crippen LogP contribution in [0.15, 0.2) is 51.0 Å². The zero-order valence-corrected chi connectivity index (χ0v) is 12.9. The van der Waals surface area contributed by atoms with Gasteiger partial charge in [0, 0.05) is 12.8 Å². The number of benzene rings is 1. The van der Waals surface area contributed by atoms with Gasteiger partial charge in [-0.15, -0.1) is 0 Å². The van der Waals surface area contributed by atoms with Crippen molar-refractivity contribution in [1.82, 2.24) is 9.55 Å². The molecule has 1 aromatic heterocycles. The van der Waals surface area contributed by atoms with Gasteiger partial charge in [-0.1, -0.05) is 31.5 Å². The highest BCUT2D eigenvalue weighted by Crippen LogP contribution is 2.13. The molecule has 2 rings (SSSR count). The summed E-state index contributed by atoms with van der Waals surface area (Å²) < 4.78 is 1.17. The van der Waals surface area contributed by atoms with Gasteiger partial charge in [-0.25, -0.2) is 4.79 Å². The molecule has 0 saturated carbocycles. The molecule has 2 aromatic rings. The third-order valence-corrected chi connectivity index (χ3v) is 3.27. The summed E-state index contributed by atoms with van der Waals surface area (Å²) in [5.74, 6) is -0.323. The van der Waals surface area contributed by atoms with Crippen molar-refractivity contribution in [3.63, 3.8) is 0 Å². The summed E-state index contributed by atoms with van der Waals surface area (Å²) in [5, 5.41) is 10.1. The third-order valence-electron chi connectivity index (χ3n) is 3.27. The molecule has 0 aliphatic rings. The Bertz CT molecular complexity index is 817. The molecule has 0 radical (unpaired) electrons. The normalized spacial score (nSPS) is 11.5. The first-order chi connectivity index (χ1) is 11.1. The number of nitrogens with zero attached hydrogens (tertiary/aromatic N) is 2. The quantitative estimate of drug-likeness (QED) is 0.803. The molecule has 0 aliphatic heterocycles. The molecule has 0 aliphatic carbocycles. The first kappa shape index (κ1) is 16.5. The van der Waals surface area contributed by atoms with Crippen LogP contribution >= 0.6 is 0 Å². The number of unbranched alkanes of at least 4 members (excludes halogenated alkanes) is 1. The van der Waals surface area contributed by atoms with E-state index >= 15 is 0 Å². The summed E-state index contributed by atoms with van der Waals surface area (Å²) in [4.78, 5) is 30.0.